The Morgan fingerprint density at radius 1 is 1.25 bits per heavy atom. The zero-order chi connectivity index (χ0) is 19.9. The van der Waals surface area contributed by atoms with Gasteiger partial charge in [-0.25, -0.2) is 0 Å². The maximum absolute atomic E-state index is 12.9. The minimum absolute atomic E-state index is 0.0940. The van der Waals surface area contributed by atoms with Gasteiger partial charge in [-0.2, -0.15) is 0 Å². The van der Waals surface area contributed by atoms with E-state index in [2.05, 4.69) is 27.3 Å². The molecule has 0 spiro atoms. The van der Waals surface area contributed by atoms with Crippen LogP contribution in [0.4, 0.5) is 16.5 Å². The van der Waals surface area contributed by atoms with Gasteiger partial charge in [0.1, 0.15) is 5.01 Å². The van der Waals surface area contributed by atoms with E-state index in [1.807, 2.05) is 0 Å². The Bertz CT molecular complexity index is 833. The number of unbranched alkanes of at least 4 members (excludes halogenated alkanes) is 2. The molecule has 1 amide bonds. The van der Waals surface area contributed by atoms with Gasteiger partial charge in [0.2, 0.25) is 5.13 Å². The molecular weight excluding hydrogens is 378 g/mol. The van der Waals surface area contributed by atoms with Crippen LogP contribution in [0.5, 0.6) is 0 Å². The van der Waals surface area contributed by atoms with Crippen molar-refractivity contribution >= 4 is 33.8 Å². The Hall–Kier alpha value is -2.55. The SMILES string of the molecule is CCCCCc1nnc(NC(=O)c2cc([N+](=O)[O-])ccc2N2CCCCC2)s1. The number of aromatic nitrogens is 2. The van der Waals surface area contributed by atoms with Crippen molar-refractivity contribution in [1.29, 1.82) is 0 Å². The number of non-ortho nitro benzene ring substituents is 1. The zero-order valence-electron chi connectivity index (χ0n) is 16.0. The summed E-state index contributed by atoms with van der Waals surface area (Å²) < 4.78 is 0. The summed E-state index contributed by atoms with van der Waals surface area (Å²) in [5, 5.41) is 23.5. The summed E-state index contributed by atoms with van der Waals surface area (Å²) in [6, 6.07) is 4.48. The van der Waals surface area contributed by atoms with Crippen LogP contribution in [0, 0.1) is 10.1 Å². The standard InChI is InChI=1S/C19H25N5O3S/c1-2-3-5-8-17-21-22-19(28-17)20-18(25)15-13-14(24(26)27)9-10-16(15)23-11-6-4-7-12-23/h9-10,13H,2-8,11-12H2,1H3,(H,20,22,25). The molecule has 2 heterocycles. The third-order valence-electron chi connectivity index (χ3n) is 4.81. The normalized spacial score (nSPS) is 14.1. The molecule has 1 aromatic heterocycles. The summed E-state index contributed by atoms with van der Waals surface area (Å²) in [6.07, 6.45) is 7.42. The van der Waals surface area contributed by atoms with Crippen LogP contribution in [0.3, 0.4) is 0 Å². The van der Waals surface area contributed by atoms with Gasteiger partial charge in [0.15, 0.2) is 0 Å². The number of nitro benzene ring substituents is 1. The minimum atomic E-state index is -0.479. The summed E-state index contributed by atoms with van der Waals surface area (Å²) >= 11 is 1.36. The van der Waals surface area contributed by atoms with Crippen molar-refractivity contribution in [3.05, 3.63) is 38.9 Å². The van der Waals surface area contributed by atoms with E-state index >= 15 is 0 Å². The predicted molar refractivity (Wildman–Crippen MR) is 110 cm³/mol. The quantitative estimate of drug-likeness (QED) is 0.398. The number of rotatable bonds is 8. The highest BCUT2D eigenvalue weighted by Gasteiger charge is 2.22. The van der Waals surface area contributed by atoms with Crippen LogP contribution < -0.4 is 10.2 Å². The summed E-state index contributed by atoms with van der Waals surface area (Å²) in [4.78, 5) is 25.7. The second-order valence-corrected chi connectivity index (χ2v) is 7.98. The Morgan fingerprint density at radius 3 is 2.75 bits per heavy atom. The maximum Gasteiger partial charge on any atom is 0.270 e. The molecule has 1 fully saturated rings. The fourth-order valence-corrected chi connectivity index (χ4v) is 4.10. The van der Waals surface area contributed by atoms with Gasteiger partial charge >= 0.3 is 0 Å². The summed E-state index contributed by atoms with van der Waals surface area (Å²) in [5.41, 5.74) is 0.942. The van der Waals surface area contributed by atoms with E-state index in [1.54, 1.807) is 6.07 Å². The van der Waals surface area contributed by atoms with Gasteiger partial charge in [-0.1, -0.05) is 31.1 Å². The molecule has 0 aliphatic carbocycles. The number of nitrogens with zero attached hydrogens (tertiary/aromatic N) is 4. The molecule has 2 aromatic rings. The third-order valence-corrected chi connectivity index (χ3v) is 5.71. The van der Waals surface area contributed by atoms with E-state index in [1.165, 1.54) is 23.5 Å². The monoisotopic (exact) mass is 403 g/mol. The smallest absolute Gasteiger partial charge is 0.270 e. The molecule has 0 bridgehead atoms. The first-order valence-corrected chi connectivity index (χ1v) is 10.6. The van der Waals surface area contributed by atoms with E-state index in [4.69, 9.17) is 0 Å². The lowest BCUT2D eigenvalue weighted by Crippen LogP contribution is -2.31. The van der Waals surface area contributed by atoms with E-state index in [0.717, 1.165) is 68.7 Å². The molecule has 1 aliphatic heterocycles. The largest absolute Gasteiger partial charge is 0.371 e. The van der Waals surface area contributed by atoms with Crippen molar-refractivity contribution < 1.29 is 9.72 Å². The molecule has 150 valence electrons. The Labute approximate surface area is 168 Å². The molecule has 8 nitrogen and oxygen atoms in total. The van der Waals surface area contributed by atoms with E-state index in [-0.39, 0.29) is 11.6 Å². The van der Waals surface area contributed by atoms with Gasteiger partial charge in [0.25, 0.3) is 11.6 Å². The van der Waals surface area contributed by atoms with Crippen molar-refractivity contribution in [3.63, 3.8) is 0 Å². The first-order valence-electron chi connectivity index (χ1n) is 9.75. The van der Waals surface area contributed by atoms with Crippen molar-refractivity contribution in [2.75, 3.05) is 23.3 Å². The highest BCUT2D eigenvalue weighted by molar-refractivity contribution is 7.15. The number of aryl methyl sites for hydroxylation is 1. The molecule has 9 heteroatoms. The van der Waals surface area contributed by atoms with E-state index < -0.39 is 4.92 Å². The fraction of sp³-hybridized carbons (Fsp3) is 0.526. The van der Waals surface area contributed by atoms with Gasteiger partial charge in [-0.05, 0) is 31.7 Å². The number of carbonyl (C=O) groups excluding carboxylic acids is 1. The van der Waals surface area contributed by atoms with Crippen LogP contribution in [0.25, 0.3) is 0 Å². The average molecular weight is 404 g/mol. The lowest BCUT2D eigenvalue weighted by Gasteiger charge is -2.30. The molecule has 3 rings (SSSR count). The molecule has 0 radical (unpaired) electrons. The predicted octanol–water partition coefficient (Wildman–Crippen LogP) is 4.42. The molecule has 1 aromatic carbocycles. The number of hydrogen-bond donors (Lipinski definition) is 1. The van der Waals surface area contributed by atoms with E-state index in [0.29, 0.717) is 10.7 Å². The Balaban J connectivity index is 1.79. The van der Waals surface area contributed by atoms with Gasteiger partial charge in [-0.3, -0.25) is 20.2 Å². The lowest BCUT2D eigenvalue weighted by molar-refractivity contribution is -0.384. The Morgan fingerprint density at radius 2 is 2.04 bits per heavy atom. The van der Waals surface area contributed by atoms with Gasteiger partial charge in [-0.15, -0.1) is 10.2 Å². The van der Waals surface area contributed by atoms with Crippen LogP contribution in [-0.2, 0) is 6.42 Å². The average Bonchev–Trinajstić information content (AvgIpc) is 3.15. The van der Waals surface area contributed by atoms with Crippen LogP contribution >= 0.6 is 11.3 Å². The molecular formula is C19H25N5O3S. The number of amides is 1. The fourth-order valence-electron chi connectivity index (χ4n) is 3.33. The maximum atomic E-state index is 12.9. The van der Waals surface area contributed by atoms with E-state index in [9.17, 15) is 14.9 Å². The number of hydrogen-bond acceptors (Lipinski definition) is 7. The summed E-state index contributed by atoms with van der Waals surface area (Å²) in [5.74, 6) is -0.388. The third kappa shape index (κ3) is 5.03. The van der Waals surface area contributed by atoms with Crippen molar-refractivity contribution in [2.45, 2.75) is 51.9 Å². The van der Waals surface area contributed by atoms with Crippen LogP contribution in [-0.4, -0.2) is 34.1 Å². The molecule has 1 saturated heterocycles. The van der Waals surface area contributed by atoms with Gasteiger partial charge in [0, 0.05) is 31.6 Å². The number of benzene rings is 1. The van der Waals surface area contributed by atoms with Crippen LogP contribution in [0.15, 0.2) is 18.2 Å². The topological polar surface area (TPSA) is 101 Å². The number of nitrogens with one attached hydrogen (secondary N) is 1. The van der Waals surface area contributed by atoms with Crippen molar-refractivity contribution in [3.8, 4) is 0 Å². The highest BCUT2D eigenvalue weighted by atomic mass is 32.1. The molecule has 1 N–H and O–H groups in total. The van der Waals surface area contributed by atoms with Gasteiger partial charge in [0.05, 0.1) is 16.2 Å². The van der Waals surface area contributed by atoms with Crippen molar-refractivity contribution in [1.82, 2.24) is 10.2 Å². The number of nitro groups is 1. The second kappa shape index (κ2) is 9.59. The summed E-state index contributed by atoms with van der Waals surface area (Å²) in [6.45, 7) is 3.83. The molecule has 0 unspecified atom stereocenters. The molecule has 28 heavy (non-hydrogen) atoms. The lowest BCUT2D eigenvalue weighted by atomic mass is 10.1. The van der Waals surface area contributed by atoms with Gasteiger partial charge < -0.3 is 4.90 Å². The van der Waals surface area contributed by atoms with Crippen LogP contribution in [0.1, 0.15) is 60.8 Å². The zero-order valence-corrected chi connectivity index (χ0v) is 16.8. The second-order valence-electron chi connectivity index (χ2n) is 6.92. The molecule has 0 atom stereocenters. The van der Waals surface area contributed by atoms with Crippen molar-refractivity contribution in [2.24, 2.45) is 0 Å². The number of carbonyl (C=O) groups is 1. The summed E-state index contributed by atoms with van der Waals surface area (Å²) in [7, 11) is 0. The number of piperidine rings is 1. The molecule has 1 aliphatic rings. The molecule has 0 saturated carbocycles. The Kier molecular flexibility index (Phi) is 6.91. The number of anilines is 2. The first-order chi connectivity index (χ1) is 13.6. The van der Waals surface area contributed by atoms with Crippen LogP contribution in [0.2, 0.25) is 0 Å². The highest BCUT2D eigenvalue weighted by Crippen LogP contribution is 2.29. The minimum Gasteiger partial charge on any atom is -0.371 e. The first kappa shape index (κ1) is 20.2.